The monoisotopic (exact) mass is 198 g/mol. The SMILES string of the molecule is Cc1cc2ccccc2c(C(=N)N)c1C. The molecule has 0 aliphatic carbocycles. The highest BCUT2D eigenvalue weighted by Gasteiger charge is 2.09. The van der Waals surface area contributed by atoms with Crippen LogP contribution >= 0.6 is 0 Å². The molecule has 0 aromatic heterocycles. The number of nitrogen functional groups attached to an aromatic ring is 1. The average molecular weight is 198 g/mol. The molecule has 2 nitrogen and oxygen atoms in total. The Kier molecular flexibility index (Phi) is 2.19. The van der Waals surface area contributed by atoms with E-state index in [2.05, 4.69) is 6.07 Å². The maximum Gasteiger partial charge on any atom is 0.123 e. The Labute approximate surface area is 89.2 Å². The molecule has 0 radical (unpaired) electrons. The van der Waals surface area contributed by atoms with Gasteiger partial charge < -0.3 is 5.73 Å². The fraction of sp³-hybridized carbons (Fsp3) is 0.154. The van der Waals surface area contributed by atoms with E-state index in [1.807, 2.05) is 38.1 Å². The normalized spacial score (nSPS) is 10.5. The van der Waals surface area contributed by atoms with Crippen LogP contribution in [-0.4, -0.2) is 5.84 Å². The van der Waals surface area contributed by atoms with E-state index in [0.29, 0.717) is 0 Å². The lowest BCUT2D eigenvalue weighted by atomic mass is 9.95. The minimum Gasteiger partial charge on any atom is -0.384 e. The lowest BCUT2D eigenvalue weighted by Crippen LogP contribution is -2.14. The van der Waals surface area contributed by atoms with E-state index in [-0.39, 0.29) is 5.84 Å². The van der Waals surface area contributed by atoms with Crippen molar-refractivity contribution < 1.29 is 0 Å². The van der Waals surface area contributed by atoms with Crippen molar-refractivity contribution in [1.29, 1.82) is 5.41 Å². The van der Waals surface area contributed by atoms with Crippen molar-refractivity contribution in [3.05, 3.63) is 47.0 Å². The van der Waals surface area contributed by atoms with Crippen LogP contribution in [0, 0.1) is 19.3 Å². The number of hydrogen-bond donors (Lipinski definition) is 2. The Hall–Kier alpha value is -1.83. The lowest BCUT2D eigenvalue weighted by molar-refractivity contribution is 1.32. The van der Waals surface area contributed by atoms with E-state index < -0.39 is 0 Å². The molecule has 15 heavy (non-hydrogen) atoms. The van der Waals surface area contributed by atoms with Crippen LogP contribution in [0.25, 0.3) is 10.8 Å². The van der Waals surface area contributed by atoms with Crippen LogP contribution < -0.4 is 5.73 Å². The molecular weight excluding hydrogens is 184 g/mol. The summed E-state index contributed by atoms with van der Waals surface area (Å²) in [6.07, 6.45) is 0. The Bertz CT molecular complexity index is 541. The van der Waals surface area contributed by atoms with Gasteiger partial charge in [0.25, 0.3) is 0 Å². The summed E-state index contributed by atoms with van der Waals surface area (Å²) in [7, 11) is 0. The van der Waals surface area contributed by atoms with Crippen molar-refractivity contribution in [1.82, 2.24) is 0 Å². The summed E-state index contributed by atoms with van der Waals surface area (Å²) < 4.78 is 0. The first kappa shape index (κ1) is 9.71. The lowest BCUT2D eigenvalue weighted by Gasteiger charge is -2.11. The smallest absolute Gasteiger partial charge is 0.123 e. The van der Waals surface area contributed by atoms with Gasteiger partial charge in [0.1, 0.15) is 5.84 Å². The number of nitrogens with one attached hydrogen (secondary N) is 1. The molecule has 0 spiro atoms. The number of nitrogens with two attached hydrogens (primary N) is 1. The third-order valence-corrected chi connectivity index (χ3v) is 2.84. The van der Waals surface area contributed by atoms with E-state index in [0.717, 1.165) is 21.9 Å². The van der Waals surface area contributed by atoms with Gasteiger partial charge in [-0.1, -0.05) is 30.3 Å². The first-order chi connectivity index (χ1) is 7.11. The van der Waals surface area contributed by atoms with Crippen LogP contribution in [-0.2, 0) is 0 Å². The van der Waals surface area contributed by atoms with Crippen LogP contribution in [0.2, 0.25) is 0 Å². The summed E-state index contributed by atoms with van der Waals surface area (Å²) in [5.41, 5.74) is 8.78. The van der Waals surface area contributed by atoms with Gasteiger partial charge in [0.2, 0.25) is 0 Å². The van der Waals surface area contributed by atoms with Crippen molar-refractivity contribution >= 4 is 16.6 Å². The molecule has 2 aromatic carbocycles. The van der Waals surface area contributed by atoms with Crippen LogP contribution in [0.4, 0.5) is 0 Å². The molecule has 2 heteroatoms. The van der Waals surface area contributed by atoms with Gasteiger partial charge in [-0.25, -0.2) is 0 Å². The zero-order valence-corrected chi connectivity index (χ0v) is 8.96. The molecule has 76 valence electrons. The average Bonchev–Trinajstić information content (AvgIpc) is 2.19. The number of rotatable bonds is 1. The number of fused-ring (bicyclic) bond motifs is 1. The minimum atomic E-state index is 0.146. The van der Waals surface area contributed by atoms with E-state index in [1.165, 1.54) is 5.56 Å². The Morgan fingerprint density at radius 1 is 1.20 bits per heavy atom. The number of amidine groups is 1. The predicted octanol–water partition coefficient (Wildman–Crippen LogP) is 2.74. The highest BCUT2D eigenvalue weighted by Crippen LogP contribution is 2.24. The van der Waals surface area contributed by atoms with E-state index in [1.54, 1.807) is 0 Å². The zero-order chi connectivity index (χ0) is 11.0. The molecule has 0 amide bonds. The van der Waals surface area contributed by atoms with Crippen LogP contribution in [0.3, 0.4) is 0 Å². The minimum absolute atomic E-state index is 0.146. The first-order valence-electron chi connectivity index (χ1n) is 4.94. The molecule has 0 atom stereocenters. The van der Waals surface area contributed by atoms with Gasteiger partial charge in [-0.15, -0.1) is 0 Å². The van der Waals surface area contributed by atoms with Crippen molar-refractivity contribution in [2.75, 3.05) is 0 Å². The van der Waals surface area contributed by atoms with Crippen LogP contribution in [0.5, 0.6) is 0 Å². The standard InChI is InChI=1S/C13H14N2/c1-8-7-10-5-3-4-6-11(10)12(9(8)2)13(14)15/h3-7H,1-2H3,(H3,14,15). The predicted molar refractivity (Wildman–Crippen MR) is 64.4 cm³/mol. The van der Waals surface area contributed by atoms with Gasteiger partial charge in [0, 0.05) is 5.56 Å². The largest absolute Gasteiger partial charge is 0.384 e. The van der Waals surface area contributed by atoms with E-state index in [4.69, 9.17) is 11.1 Å². The second-order valence-electron chi connectivity index (χ2n) is 3.83. The topological polar surface area (TPSA) is 49.9 Å². The highest BCUT2D eigenvalue weighted by molar-refractivity contribution is 6.09. The molecule has 0 fully saturated rings. The summed E-state index contributed by atoms with van der Waals surface area (Å²) in [5, 5.41) is 9.84. The molecule has 2 rings (SSSR count). The molecule has 2 aromatic rings. The summed E-state index contributed by atoms with van der Waals surface area (Å²) in [5.74, 6) is 0.146. The van der Waals surface area contributed by atoms with Crippen molar-refractivity contribution in [3.63, 3.8) is 0 Å². The summed E-state index contributed by atoms with van der Waals surface area (Å²) in [6.45, 7) is 4.06. The number of aryl methyl sites for hydroxylation is 1. The van der Waals surface area contributed by atoms with Gasteiger partial charge >= 0.3 is 0 Å². The highest BCUT2D eigenvalue weighted by atomic mass is 14.7. The molecular formula is C13H14N2. The Morgan fingerprint density at radius 3 is 2.53 bits per heavy atom. The van der Waals surface area contributed by atoms with Crippen molar-refractivity contribution in [2.45, 2.75) is 13.8 Å². The molecule has 0 saturated carbocycles. The number of benzene rings is 2. The first-order valence-corrected chi connectivity index (χ1v) is 4.94. The van der Waals surface area contributed by atoms with E-state index >= 15 is 0 Å². The molecule has 0 heterocycles. The fourth-order valence-corrected chi connectivity index (χ4v) is 1.94. The summed E-state index contributed by atoms with van der Waals surface area (Å²) >= 11 is 0. The van der Waals surface area contributed by atoms with E-state index in [9.17, 15) is 0 Å². The van der Waals surface area contributed by atoms with Crippen molar-refractivity contribution in [3.8, 4) is 0 Å². The van der Waals surface area contributed by atoms with Gasteiger partial charge in [-0.05, 0) is 35.7 Å². The Morgan fingerprint density at radius 2 is 1.87 bits per heavy atom. The summed E-state index contributed by atoms with van der Waals surface area (Å²) in [4.78, 5) is 0. The van der Waals surface area contributed by atoms with Crippen LogP contribution in [0.15, 0.2) is 30.3 Å². The molecule has 0 saturated heterocycles. The van der Waals surface area contributed by atoms with Gasteiger partial charge in [-0.3, -0.25) is 5.41 Å². The third-order valence-electron chi connectivity index (χ3n) is 2.84. The second-order valence-corrected chi connectivity index (χ2v) is 3.83. The molecule has 0 unspecified atom stereocenters. The number of hydrogen-bond acceptors (Lipinski definition) is 1. The Balaban J connectivity index is 2.95. The zero-order valence-electron chi connectivity index (χ0n) is 8.96. The van der Waals surface area contributed by atoms with Gasteiger partial charge in [-0.2, -0.15) is 0 Å². The summed E-state index contributed by atoms with van der Waals surface area (Å²) in [6, 6.07) is 10.2. The quantitative estimate of drug-likeness (QED) is 0.537. The fourth-order valence-electron chi connectivity index (χ4n) is 1.94. The molecule has 3 N–H and O–H groups in total. The molecule has 0 bridgehead atoms. The van der Waals surface area contributed by atoms with Gasteiger partial charge in [0.05, 0.1) is 0 Å². The molecule has 0 aliphatic rings. The third kappa shape index (κ3) is 1.48. The van der Waals surface area contributed by atoms with Crippen LogP contribution in [0.1, 0.15) is 16.7 Å². The molecule has 0 aliphatic heterocycles. The van der Waals surface area contributed by atoms with Gasteiger partial charge in [0.15, 0.2) is 0 Å². The maximum absolute atomic E-state index is 7.63. The van der Waals surface area contributed by atoms with Crippen molar-refractivity contribution in [2.24, 2.45) is 5.73 Å². The maximum atomic E-state index is 7.63. The second kappa shape index (κ2) is 3.39.